The van der Waals surface area contributed by atoms with E-state index in [9.17, 15) is 14.7 Å². The highest BCUT2D eigenvalue weighted by Crippen LogP contribution is 2.35. The van der Waals surface area contributed by atoms with E-state index in [1.165, 1.54) is 32.1 Å². The fourth-order valence-corrected chi connectivity index (χ4v) is 5.73. The van der Waals surface area contributed by atoms with Crippen LogP contribution in [0.4, 0.5) is 0 Å². The van der Waals surface area contributed by atoms with Crippen LogP contribution >= 0.6 is 11.8 Å². The SMILES string of the molecule is C=C(/C=C\C(C(=O)N/C=C\C)=C(/C)SCCC)N1CCCC(C(C)(C)C(=O)O)C1.CCC.CCC1CCC(C)C1. The van der Waals surface area contributed by atoms with E-state index >= 15 is 0 Å². The molecule has 0 spiro atoms. The van der Waals surface area contributed by atoms with Gasteiger partial charge in [-0.2, -0.15) is 0 Å². The van der Waals surface area contributed by atoms with E-state index in [0.29, 0.717) is 12.1 Å². The number of hydrogen-bond acceptors (Lipinski definition) is 4. The van der Waals surface area contributed by atoms with Gasteiger partial charge in [-0.3, -0.25) is 9.59 Å². The second-order valence-electron chi connectivity index (χ2n) is 11.8. The molecule has 5 nitrogen and oxygen atoms in total. The molecule has 3 unspecified atom stereocenters. The van der Waals surface area contributed by atoms with Crippen LogP contribution in [0.25, 0.3) is 0 Å². The monoisotopic (exact) mass is 576 g/mol. The summed E-state index contributed by atoms with van der Waals surface area (Å²) in [6.07, 6.45) is 17.1. The van der Waals surface area contributed by atoms with Gasteiger partial charge in [-0.05, 0) is 100 Å². The minimum Gasteiger partial charge on any atom is -0.481 e. The van der Waals surface area contributed by atoms with Crippen LogP contribution in [-0.4, -0.2) is 40.7 Å². The number of thioether (sulfide) groups is 1. The first-order chi connectivity index (χ1) is 18.9. The Bertz CT molecular complexity index is 859. The summed E-state index contributed by atoms with van der Waals surface area (Å²) in [5, 5.41) is 12.3. The first-order valence-electron chi connectivity index (χ1n) is 15.5. The number of carbonyl (C=O) groups is 2. The molecule has 0 bridgehead atoms. The van der Waals surface area contributed by atoms with E-state index in [4.69, 9.17) is 0 Å². The van der Waals surface area contributed by atoms with Crippen molar-refractivity contribution < 1.29 is 14.7 Å². The highest BCUT2D eigenvalue weighted by atomic mass is 32.2. The Morgan fingerprint density at radius 1 is 1.12 bits per heavy atom. The van der Waals surface area contributed by atoms with Gasteiger partial charge in [-0.1, -0.05) is 73.0 Å². The smallest absolute Gasteiger partial charge is 0.309 e. The Balaban J connectivity index is 0.00000115. The maximum atomic E-state index is 12.6. The van der Waals surface area contributed by atoms with Gasteiger partial charge in [0, 0.05) is 24.4 Å². The molecule has 2 fully saturated rings. The zero-order valence-electron chi connectivity index (χ0n) is 27.1. The van der Waals surface area contributed by atoms with Crippen molar-refractivity contribution in [2.75, 3.05) is 18.8 Å². The largest absolute Gasteiger partial charge is 0.481 e. The summed E-state index contributed by atoms with van der Waals surface area (Å²) in [7, 11) is 0. The number of amides is 1. The quantitative estimate of drug-likeness (QED) is 0.189. The standard InChI is InChI=1S/C23H36N2O3S.C8H16.C3H8/c1-7-13-24-21(26)20(18(4)29-15-8-2)12-11-17(3)25-14-9-10-19(16-25)23(5,6)22(27)28;1-3-8-5-4-7(2)6-8;1-3-2/h7,11-13,19H,3,8-10,14-16H2,1-2,4-6H3,(H,24,26)(H,27,28);7-8H,3-6H2,1-2H3;3H2,1-2H3/b12-11-,13-7-,20-18-;;. The fraction of sp³-hybridized carbons (Fsp3) is 0.706. The predicted octanol–water partition coefficient (Wildman–Crippen LogP) is 9.20. The molecule has 1 amide bonds. The van der Waals surface area contributed by atoms with E-state index in [-0.39, 0.29) is 11.8 Å². The second-order valence-corrected chi connectivity index (χ2v) is 13.1. The molecule has 1 saturated heterocycles. The summed E-state index contributed by atoms with van der Waals surface area (Å²) in [6.45, 7) is 24.1. The fourth-order valence-electron chi connectivity index (χ4n) is 4.90. The number of carboxylic acids is 1. The lowest BCUT2D eigenvalue weighted by atomic mass is 9.74. The van der Waals surface area contributed by atoms with Crippen molar-refractivity contribution >= 4 is 23.6 Å². The van der Waals surface area contributed by atoms with Gasteiger partial charge in [-0.15, -0.1) is 11.8 Å². The molecule has 2 N–H and O–H groups in total. The van der Waals surface area contributed by atoms with Crippen molar-refractivity contribution in [3.8, 4) is 0 Å². The molecule has 6 heteroatoms. The van der Waals surface area contributed by atoms with Crippen molar-refractivity contribution in [1.29, 1.82) is 0 Å². The number of aliphatic carboxylic acids is 1. The van der Waals surface area contributed by atoms with Crippen LogP contribution in [-0.2, 0) is 9.59 Å². The molecule has 1 aliphatic carbocycles. The Morgan fingerprint density at radius 2 is 1.77 bits per heavy atom. The van der Waals surface area contributed by atoms with Crippen LogP contribution in [0.15, 0.2) is 47.2 Å². The van der Waals surface area contributed by atoms with Crippen molar-refractivity contribution in [2.24, 2.45) is 23.2 Å². The van der Waals surface area contributed by atoms with Crippen molar-refractivity contribution in [1.82, 2.24) is 10.2 Å². The number of nitrogens with zero attached hydrogens (tertiary/aromatic N) is 1. The molecule has 40 heavy (non-hydrogen) atoms. The third-order valence-electron chi connectivity index (χ3n) is 7.75. The molecule has 2 rings (SSSR count). The number of carboxylic acid groups (broad SMARTS) is 1. The number of allylic oxidation sites excluding steroid dienone is 3. The van der Waals surface area contributed by atoms with Crippen LogP contribution in [0.2, 0.25) is 0 Å². The maximum Gasteiger partial charge on any atom is 0.309 e. The lowest BCUT2D eigenvalue weighted by molar-refractivity contribution is -0.151. The molecule has 0 aromatic rings. The highest BCUT2D eigenvalue weighted by Gasteiger charge is 2.39. The van der Waals surface area contributed by atoms with Crippen LogP contribution < -0.4 is 5.32 Å². The molecule has 0 radical (unpaired) electrons. The van der Waals surface area contributed by atoms with E-state index in [1.54, 1.807) is 37.9 Å². The third-order valence-corrected chi connectivity index (χ3v) is 9.02. The lowest BCUT2D eigenvalue weighted by Crippen LogP contribution is -2.44. The van der Waals surface area contributed by atoms with E-state index in [0.717, 1.165) is 54.0 Å². The average Bonchev–Trinajstić information content (AvgIpc) is 3.36. The molecule has 230 valence electrons. The van der Waals surface area contributed by atoms with Gasteiger partial charge in [0.05, 0.1) is 5.41 Å². The van der Waals surface area contributed by atoms with Gasteiger partial charge in [0.15, 0.2) is 0 Å². The van der Waals surface area contributed by atoms with Crippen molar-refractivity contribution in [3.63, 3.8) is 0 Å². The number of likely N-dealkylation sites (tertiary alicyclic amines) is 1. The summed E-state index contributed by atoms with van der Waals surface area (Å²) in [5.74, 6) is 2.22. The maximum absolute atomic E-state index is 12.6. The van der Waals surface area contributed by atoms with Crippen molar-refractivity contribution in [2.45, 2.75) is 114 Å². The number of rotatable bonds is 11. The van der Waals surface area contributed by atoms with Crippen LogP contribution in [0.5, 0.6) is 0 Å². The second kappa shape index (κ2) is 20.9. The highest BCUT2D eigenvalue weighted by molar-refractivity contribution is 8.03. The zero-order chi connectivity index (χ0) is 30.7. The summed E-state index contributed by atoms with van der Waals surface area (Å²) >= 11 is 1.68. The Kier molecular flexibility index (Phi) is 19.8. The molecule has 3 atom stereocenters. The molecule has 0 aromatic carbocycles. The summed E-state index contributed by atoms with van der Waals surface area (Å²) in [5.41, 5.74) is 0.663. The minimum absolute atomic E-state index is 0.0637. The van der Waals surface area contributed by atoms with Gasteiger partial charge in [0.2, 0.25) is 0 Å². The van der Waals surface area contributed by atoms with Gasteiger partial charge in [0.25, 0.3) is 5.91 Å². The molecule has 1 saturated carbocycles. The number of hydrogen-bond donors (Lipinski definition) is 2. The number of piperidine rings is 1. The molecule has 1 heterocycles. The van der Waals surface area contributed by atoms with Crippen LogP contribution in [0.3, 0.4) is 0 Å². The van der Waals surface area contributed by atoms with E-state index in [1.807, 2.05) is 26.0 Å². The average molecular weight is 577 g/mol. The molecular weight excluding hydrogens is 516 g/mol. The first-order valence-corrected chi connectivity index (χ1v) is 16.5. The Morgan fingerprint density at radius 3 is 2.25 bits per heavy atom. The number of carbonyl (C=O) groups excluding carboxylic acids is 1. The van der Waals surface area contributed by atoms with Gasteiger partial charge in [0.1, 0.15) is 0 Å². The Hall–Kier alpha value is -1.95. The molecular formula is C34H60N2O3S. The molecule has 0 aromatic heterocycles. The van der Waals surface area contributed by atoms with Crippen LogP contribution in [0.1, 0.15) is 114 Å². The Labute approximate surface area is 251 Å². The van der Waals surface area contributed by atoms with Gasteiger partial charge < -0.3 is 15.3 Å². The van der Waals surface area contributed by atoms with Gasteiger partial charge in [-0.25, -0.2) is 0 Å². The summed E-state index contributed by atoms with van der Waals surface area (Å²) < 4.78 is 0. The topological polar surface area (TPSA) is 69.6 Å². The first kappa shape index (κ1) is 38.0. The molecule has 1 aliphatic heterocycles. The van der Waals surface area contributed by atoms with E-state index in [2.05, 4.69) is 51.4 Å². The van der Waals surface area contributed by atoms with Crippen LogP contribution in [0, 0.1) is 23.2 Å². The van der Waals surface area contributed by atoms with Crippen molar-refractivity contribution in [3.05, 3.63) is 47.2 Å². The number of nitrogens with one attached hydrogen (secondary N) is 1. The summed E-state index contributed by atoms with van der Waals surface area (Å²) in [4.78, 5) is 27.3. The zero-order valence-corrected chi connectivity index (χ0v) is 28.0. The molecule has 2 aliphatic rings. The minimum atomic E-state index is -0.770. The lowest BCUT2D eigenvalue weighted by Gasteiger charge is -2.40. The summed E-state index contributed by atoms with van der Waals surface area (Å²) in [6, 6.07) is 0. The van der Waals surface area contributed by atoms with E-state index < -0.39 is 11.4 Å². The third kappa shape index (κ3) is 14.1. The van der Waals surface area contributed by atoms with Gasteiger partial charge >= 0.3 is 5.97 Å². The normalized spacial score (nSPS) is 21.7. The predicted molar refractivity (Wildman–Crippen MR) is 175 cm³/mol.